The van der Waals surface area contributed by atoms with Crippen molar-refractivity contribution < 1.29 is 14.3 Å². The molecule has 0 aromatic heterocycles. The van der Waals surface area contributed by atoms with Crippen molar-refractivity contribution in [2.45, 2.75) is 31.8 Å². The molecule has 1 unspecified atom stereocenters. The first kappa shape index (κ1) is 15.8. The standard InChI is InChI=1S/C16H24N2O3/c1-12-5-6-14(21-3)13(9-12)10-18-8-4-7-16(18,11-20-2)15(17)19/h5-6,9H,4,7-8,10-11H2,1-3H3,(H2,17,19). The highest BCUT2D eigenvalue weighted by molar-refractivity contribution is 5.85. The Morgan fingerprint density at radius 2 is 2.19 bits per heavy atom. The number of nitrogens with two attached hydrogens (primary N) is 1. The zero-order chi connectivity index (χ0) is 15.5. The lowest BCUT2D eigenvalue weighted by atomic mass is 9.95. The molecule has 0 spiro atoms. The number of methoxy groups -OCH3 is 2. The lowest BCUT2D eigenvalue weighted by Gasteiger charge is -2.35. The molecule has 0 saturated carbocycles. The molecule has 1 aliphatic heterocycles. The number of primary amides is 1. The number of carbonyl (C=O) groups excluding carboxylic acids is 1. The molecule has 2 rings (SSSR count). The SMILES string of the molecule is COCC1(C(N)=O)CCCN1Cc1cc(C)ccc1OC. The Kier molecular flexibility index (Phi) is 4.85. The molecule has 1 saturated heterocycles. The Morgan fingerprint density at radius 1 is 1.43 bits per heavy atom. The van der Waals surface area contributed by atoms with Crippen LogP contribution in [0.5, 0.6) is 5.75 Å². The van der Waals surface area contributed by atoms with Crippen LogP contribution in [0.4, 0.5) is 0 Å². The number of likely N-dealkylation sites (tertiary alicyclic amines) is 1. The second-order valence-electron chi connectivity index (χ2n) is 5.67. The molecule has 1 aromatic carbocycles. The Hall–Kier alpha value is -1.59. The van der Waals surface area contributed by atoms with Gasteiger partial charge in [-0.25, -0.2) is 0 Å². The molecule has 1 fully saturated rings. The third kappa shape index (κ3) is 3.04. The fourth-order valence-corrected chi connectivity index (χ4v) is 3.15. The molecule has 0 aliphatic carbocycles. The molecule has 21 heavy (non-hydrogen) atoms. The van der Waals surface area contributed by atoms with Crippen LogP contribution in [-0.2, 0) is 16.1 Å². The maximum Gasteiger partial charge on any atom is 0.240 e. The van der Waals surface area contributed by atoms with Crippen molar-refractivity contribution >= 4 is 5.91 Å². The van der Waals surface area contributed by atoms with Crippen molar-refractivity contribution in [2.24, 2.45) is 5.73 Å². The van der Waals surface area contributed by atoms with E-state index in [1.165, 1.54) is 5.56 Å². The van der Waals surface area contributed by atoms with Gasteiger partial charge in [0, 0.05) is 19.2 Å². The van der Waals surface area contributed by atoms with E-state index in [1.54, 1.807) is 14.2 Å². The van der Waals surface area contributed by atoms with Crippen molar-refractivity contribution in [3.05, 3.63) is 29.3 Å². The van der Waals surface area contributed by atoms with Gasteiger partial charge in [0.05, 0.1) is 13.7 Å². The number of hydrogen-bond acceptors (Lipinski definition) is 4. The van der Waals surface area contributed by atoms with E-state index in [-0.39, 0.29) is 5.91 Å². The number of nitrogens with zero attached hydrogens (tertiary/aromatic N) is 1. The number of ether oxygens (including phenoxy) is 2. The van der Waals surface area contributed by atoms with Gasteiger partial charge < -0.3 is 15.2 Å². The molecule has 1 atom stereocenters. The first-order valence-electron chi connectivity index (χ1n) is 7.21. The number of aryl methyl sites for hydroxylation is 1. The topological polar surface area (TPSA) is 64.8 Å². The number of hydrogen-bond donors (Lipinski definition) is 1. The number of benzene rings is 1. The van der Waals surface area contributed by atoms with Crippen LogP contribution in [0.3, 0.4) is 0 Å². The third-order valence-corrected chi connectivity index (χ3v) is 4.26. The third-order valence-electron chi connectivity index (χ3n) is 4.26. The van der Waals surface area contributed by atoms with Crippen molar-refractivity contribution in [1.29, 1.82) is 0 Å². The first-order valence-corrected chi connectivity index (χ1v) is 7.21. The second kappa shape index (κ2) is 6.45. The van der Waals surface area contributed by atoms with Gasteiger partial charge in [-0.15, -0.1) is 0 Å². The minimum atomic E-state index is -0.705. The highest BCUT2D eigenvalue weighted by Crippen LogP contribution is 2.33. The van der Waals surface area contributed by atoms with Crippen LogP contribution >= 0.6 is 0 Å². The highest BCUT2D eigenvalue weighted by Gasteiger charge is 2.46. The molecular weight excluding hydrogens is 268 g/mol. The van der Waals surface area contributed by atoms with Gasteiger partial charge in [-0.05, 0) is 32.4 Å². The van der Waals surface area contributed by atoms with Gasteiger partial charge in [0.25, 0.3) is 0 Å². The van der Waals surface area contributed by atoms with E-state index in [1.807, 2.05) is 19.1 Å². The van der Waals surface area contributed by atoms with E-state index in [0.717, 1.165) is 30.7 Å². The summed E-state index contributed by atoms with van der Waals surface area (Å²) in [6.07, 6.45) is 1.69. The molecule has 1 amide bonds. The normalized spacial score (nSPS) is 22.4. The lowest BCUT2D eigenvalue weighted by Crippen LogP contribution is -2.56. The fraction of sp³-hybridized carbons (Fsp3) is 0.562. The van der Waals surface area contributed by atoms with Crippen LogP contribution in [0.1, 0.15) is 24.0 Å². The Labute approximate surface area is 126 Å². The summed E-state index contributed by atoms with van der Waals surface area (Å²) in [6, 6.07) is 6.07. The molecule has 5 nitrogen and oxygen atoms in total. The average molecular weight is 292 g/mol. The van der Waals surface area contributed by atoms with Gasteiger partial charge in [0.1, 0.15) is 11.3 Å². The van der Waals surface area contributed by atoms with Crippen molar-refractivity contribution in [3.63, 3.8) is 0 Å². The van der Waals surface area contributed by atoms with Crippen molar-refractivity contribution in [1.82, 2.24) is 4.90 Å². The summed E-state index contributed by atoms with van der Waals surface area (Å²) in [5.41, 5.74) is 7.21. The molecule has 116 valence electrons. The monoisotopic (exact) mass is 292 g/mol. The first-order chi connectivity index (χ1) is 10.0. The second-order valence-corrected chi connectivity index (χ2v) is 5.67. The summed E-state index contributed by atoms with van der Waals surface area (Å²) >= 11 is 0. The van der Waals surface area contributed by atoms with Crippen LogP contribution in [0.15, 0.2) is 18.2 Å². The predicted molar refractivity (Wildman–Crippen MR) is 81.2 cm³/mol. The maximum atomic E-state index is 12.0. The zero-order valence-corrected chi connectivity index (χ0v) is 13.0. The van der Waals surface area contributed by atoms with Crippen molar-refractivity contribution in [2.75, 3.05) is 27.4 Å². The number of amides is 1. The summed E-state index contributed by atoms with van der Waals surface area (Å²) in [5, 5.41) is 0. The maximum absolute atomic E-state index is 12.0. The predicted octanol–water partition coefficient (Wildman–Crippen LogP) is 1.47. The Bertz CT molecular complexity index is 518. The van der Waals surface area contributed by atoms with Crippen LogP contribution in [-0.4, -0.2) is 43.7 Å². The molecule has 5 heteroatoms. The van der Waals surface area contributed by atoms with Crippen molar-refractivity contribution in [3.8, 4) is 5.75 Å². The summed E-state index contributed by atoms with van der Waals surface area (Å²) in [4.78, 5) is 14.1. The van der Waals surface area contributed by atoms with Gasteiger partial charge in [-0.1, -0.05) is 17.7 Å². The van der Waals surface area contributed by atoms with Gasteiger partial charge in [-0.3, -0.25) is 9.69 Å². The summed E-state index contributed by atoms with van der Waals surface area (Å²) < 4.78 is 10.7. The molecule has 1 heterocycles. The van der Waals surface area contributed by atoms with Gasteiger partial charge >= 0.3 is 0 Å². The van der Waals surface area contributed by atoms with E-state index in [9.17, 15) is 4.79 Å². The van der Waals surface area contributed by atoms with E-state index in [0.29, 0.717) is 13.2 Å². The Morgan fingerprint density at radius 3 is 2.81 bits per heavy atom. The van der Waals surface area contributed by atoms with E-state index in [4.69, 9.17) is 15.2 Å². The summed E-state index contributed by atoms with van der Waals surface area (Å²) in [6.45, 7) is 3.85. The molecule has 0 radical (unpaired) electrons. The quantitative estimate of drug-likeness (QED) is 0.862. The van der Waals surface area contributed by atoms with Gasteiger partial charge in [0.15, 0.2) is 0 Å². The molecular formula is C16H24N2O3. The highest BCUT2D eigenvalue weighted by atomic mass is 16.5. The largest absolute Gasteiger partial charge is 0.496 e. The molecule has 1 aromatic rings. The van der Waals surface area contributed by atoms with Crippen LogP contribution in [0, 0.1) is 6.92 Å². The van der Waals surface area contributed by atoms with Crippen LogP contribution in [0.25, 0.3) is 0 Å². The smallest absolute Gasteiger partial charge is 0.240 e. The van der Waals surface area contributed by atoms with Crippen LogP contribution in [0.2, 0.25) is 0 Å². The molecule has 2 N–H and O–H groups in total. The summed E-state index contributed by atoms with van der Waals surface area (Å²) in [5.74, 6) is 0.525. The zero-order valence-electron chi connectivity index (χ0n) is 13.0. The fourth-order valence-electron chi connectivity index (χ4n) is 3.15. The van der Waals surface area contributed by atoms with Crippen LogP contribution < -0.4 is 10.5 Å². The minimum absolute atomic E-state index is 0.312. The van der Waals surface area contributed by atoms with Gasteiger partial charge in [0.2, 0.25) is 5.91 Å². The lowest BCUT2D eigenvalue weighted by molar-refractivity contribution is -0.132. The summed E-state index contributed by atoms with van der Waals surface area (Å²) in [7, 11) is 3.27. The van der Waals surface area contributed by atoms with E-state index in [2.05, 4.69) is 11.0 Å². The Balaban J connectivity index is 2.29. The molecule has 1 aliphatic rings. The van der Waals surface area contributed by atoms with E-state index < -0.39 is 5.54 Å². The molecule has 0 bridgehead atoms. The average Bonchev–Trinajstić information content (AvgIpc) is 2.84. The van der Waals surface area contributed by atoms with Gasteiger partial charge in [-0.2, -0.15) is 0 Å². The van der Waals surface area contributed by atoms with E-state index >= 15 is 0 Å². The minimum Gasteiger partial charge on any atom is -0.496 e. The number of rotatable bonds is 6. The number of carbonyl (C=O) groups is 1.